The van der Waals surface area contributed by atoms with Crippen LogP contribution in [-0.2, 0) is 14.3 Å². The summed E-state index contributed by atoms with van der Waals surface area (Å²) < 4.78 is 16.2. The van der Waals surface area contributed by atoms with Gasteiger partial charge < -0.3 is 14.2 Å². The van der Waals surface area contributed by atoms with Gasteiger partial charge in [0.05, 0.1) is 36.1 Å². The molecule has 0 saturated carbocycles. The van der Waals surface area contributed by atoms with E-state index in [2.05, 4.69) is 17.2 Å². The molecular formula is C23H27N3O6. The van der Waals surface area contributed by atoms with Crippen LogP contribution < -0.4 is 4.74 Å². The molecule has 1 heterocycles. The Hall–Kier alpha value is -3.17. The number of esters is 1. The molecule has 0 amide bonds. The number of carbonyl (C=O) groups is 1. The number of nitro groups is 1. The first-order chi connectivity index (χ1) is 15.4. The number of rotatable bonds is 12. The third kappa shape index (κ3) is 7.51. The highest BCUT2D eigenvalue weighted by Crippen LogP contribution is 2.26. The fraction of sp³-hybridized carbons (Fsp3) is 0.435. The van der Waals surface area contributed by atoms with E-state index in [0.29, 0.717) is 30.2 Å². The van der Waals surface area contributed by atoms with Crippen molar-refractivity contribution in [1.82, 2.24) is 0 Å². The molecule has 32 heavy (non-hydrogen) atoms. The fourth-order valence-electron chi connectivity index (χ4n) is 3.02. The molecule has 0 spiro atoms. The first-order valence-electron chi connectivity index (χ1n) is 10.6. The summed E-state index contributed by atoms with van der Waals surface area (Å²) in [6.07, 6.45) is 2.93. The Morgan fingerprint density at radius 1 is 1.03 bits per heavy atom. The quantitative estimate of drug-likeness (QED) is 0.107. The van der Waals surface area contributed by atoms with Crippen molar-refractivity contribution in [3.63, 3.8) is 0 Å². The third-order valence-corrected chi connectivity index (χ3v) is 4.93. The standard InChI is InChI=1S/C23H27N3O6/c1-23(16-31-17-23)15-30-14-4-2-3-5-22(27)32-21-12-8-19(9-13-21)25-24-18-6-10-20(11-7-18)26(28)29/h6-13H,2-5,14-17H2,1H3. The van der Waals surface area contributed by atoms with Crippen LogP contribution in [0.4, 0.5) is 17.1 Å². The number of ether oxygens (including phenoxy) is 3. The van der Waals surface area contributed by atoms with Crippen LogP contribution >= 0.6 is 0 Å². The van der Waals surface area contributed by atoms with Crippen molar-refractivity contribution in [2.75, 3.05) is 26.4 Å². The van der Waals surface area contributed by atoms with Gasteiger partial charge in [-0.25, -0.2) is 0 Å². The van der Waals surface area contributed by atoms with E-state index in [1.165, 1.54) is 24.3 Å². The average molecular weight is 441 g/mol. The summed E-state index contributed by atoms with van der Waals surface area (Å²) in [4.78, 5) is 22.2. The largest absolute Gasteiger partial charge is 0.427 e. The van der Waals surface area contributed by atoms with E-state index in [4.69, 9.17) is 14.2 Å². The lowest BCUT2D eigenvalue weighted by Gasteiger charge is -2.37. The van der Waals surface area contributed by atoms with Crippen molar-refractivity contribution < 1.29 is 23.9 Å². The lowest BCUT2D eigenvalue weighted by molar-refractivity contribution is -0.384. The average Bonchev–Trinajstić information content (AvgIpc) is 2.77. The molecule has 9 nitrogen and oxygen atoms in total. The van der Waals surface area contributed by atoms with E-state index in [0.717, 1.165) is 39.1 Å². The molecule has 0 unspecified atom stereocenters. The van der Waals surface area contributed by atoms with Crippen LogP contribution in [0, 0.1) is 15.5 Å². The number of non-ortho nitro benzene ring substituents is 1. The summed E-state index contributed by atoms with van der Waals surface area (Å²) in [5.74, 6) is 0.175. The Balaban J connectivity index is 1.32. The molecule has 1 aliphatic rings. The van der Waals surface area contributed by atoms with Gasteiger partial charge in [0.15, 0.2) is 0 Å². The van der Waals surface area contributed by atoms with Gasteiger partial charge in [0.25, 0.3) is 5.69 Å². The zero-order chi connectivity index (χ0) is 22.8. The highest BCUT2D eigenvalue weighted by molar-refractivity contribution is 5.72. The highest BCUT2D eigenvalue weighted by atomic mass is 16.6. The molecule has 1 saturated heterocycles. The zero-order valence-corrected chi connectivity index (χ0v) is 18.1. The number of hydrogen-bond acceptors (Lipinski definition) is 8. The minimum absolute atomic E-state index is 0.00246. The summed E-state index contributed by atoms with van der Waals surface area (Å²) in [7, 11) is 0. The maximum atomic E-state index is 12.0. The van der Waals surface area contributed by atoms with Gasteiger partial charge in [0.2, 0.25) is 0 Å². The van der Waals surface area contributed by atoms with E-state index in [-0.39, 0.29) is 17.1 Å². The Labute approximate surface area is 186 Å². The van der Waals surface area contributed by atoms with Gasteiger partial charge in [-0.2, -0.15) is 10.2 Å². The van der Waals surface area contributed by atoms with E-state index in [1.54, 1.807) is 24.3 Å². The van der Waals surface area contributed by atoms with Crippen molar-refractivity contribution in [2.24, 2.45) is 15.6 Å². The topological polar surface area (TPSA) is 113 Å². The molecule has 2 aromatic carbocycles. The van der Waals surface area contributed by atoms with Crippen molar-refractivity contribution >= 4 is 23.0 Å². The van der Waals surface area contributed by atoms with Crippen molar-refractivity contribution in [3.05, 3.63) is 58.6 Å². The second-order valence-corrected chi connectivity index (χ2v) is 8.11. The van der Waals surface area contributed by atoms with Crippen LogP contribution in [0.2, 0.25) is 0 Å². The second kappa shape index (κ2) is 11.4. The highest BCUT2D eigenvalue weighted by Gasteiger charge is 2.33. The first kappa shape index (κ1) is 23.5. The molecule has 0 aliphatic carbocycles. The van der Waals surface area contributed by atoms with Crippen LogP contribution in [-0.4, -0.2) is 37.3 Å². The van der Waals surface area contributed by atoms with E-state index in [9.17, 15) is 14.9 Å². The number of nitrogens with zero attached hydrogens (tertiary/aromatic N) is 3. The van der Waals surface area contributed by atoms with E-state index in [1.807, 2.05) is 0 Å². The fourth-order valence-corrected chi connectivity index (χ4v) is 3.02. The maximum absolute atomic E-state index is 12.0. The molecule has 1 fully saturated rings. The summed E-state index contributed by atoms with van der Waals surface area (Å²) in [6, 6.07) is 12.5. The predicted octanol–water partition coefficient (Wildman–Crippen LogP) is 5.53. The molecular weight excluding hydrogens is 414 g/mol. The Kier molecular flexibility index (Phi) is 8.41. The molecule has 3 rings (SSSR count). The molecule has 0 atom stereocenters. The molecule has 2 aromatic rings. The summed E-state index contributed by atoms with van der Waals surface area (Å²) >= 11 is 0. The minimum atomic E-state index is -0.469. The molecule has 1 aliphatic heterocycles. The van der Waals surface area contributed by atoms with Crippen LogP contribution in [0.5, 0.6) is 5.75 Å². The van der Waals surface area contributed by atoms with Gasteiger partial charge in [-0.05, 0) is 49.2 Å². The number of azo groups is 1. The molecule has 0 bridgehead atoms. The predicted molar refractivity (Wildman–Crippen MR) is 118 cm³/mol. The Morgan fingerprint density at radius 2 is 1.66 bits per heavy atom. The number of benzene rings is 2. The number of unbranched alkanes of at least 4 members (excludes halogenated alkanes) is 2. The van der Waals surface area contributed by atoms with E-state index >= 15 is 0 Å². The van der Waals surface area contributed by atoms with Crippen molar-refractivity contribution in [3.8, 4) is 5.75 Å². The Morgan fingerprint density at radius 3 is 2.22 bits per heavy atom. The summed E-state index contributed by atoms with van der Waals surface area (Å²) in [6.45, 7) is 5.10. The van der Waals surface area contributed by atoms with Gasteiger partial charge in [-0.15, -0.1) is 0 Å². The first-order valence-corrected chi connectivity index (χ1v) is 10.6. The van der Waals surface area contributed by atoms with Crippen molar-refractivity contribution in [1.29, 1.82) is 0 Å². The number of carbonyl (C=O) groups excluding carboxylic acids is 1. The Bertz CT molecular complexity index is 924. The zero-order valence-electron chi connectivity index (χ0n) is 18.1. The molecule has 170 valence electrons. The van der Waals surface area contributed by atoms with E-state index < -0.39 is 4.92 Å². The summed E-state index contributed by atoms with van der Waals surface area (Å²) in [5.41, 5.74) is 1.25. The molecule has 0 radical (unpaired) electrons. The monoisotopic (exact) mass is 441 g/mol. The molecule has 0 aromatic heterocycles. The normalized spacial score (nSPS) is 14.8. The SMILES string of the molecule is CC1(COCCCCCC(=O)Oc2ccc(N=Nc3ccc([N+](=O)[O-])cc3)cc2)COC1. The molecule has 0 N–H and O–H groups in total. The van der Waals surface area contributed by atoms with Gasteiger partial charge in [0.1, 0.15) is 5.75 Å². The van der Waals surface area contributed by atoms with Crippen molar-refractivity contribution in [2.45, 2.75) is 32.6 Å². The van der Waals surface area contributed by atoms with Crippen LogP contribution in [0.25, 0.3) is 0 Å². The minimum Gasteiger partial charge on any atom is -0.427 e. The van der Waals surface area contributed by atoms with Gasteiger partial charge >= 0.3 is 5.97 Å². The van der Waals surface area contributed by atoms with Gasteiger partial charge in [-0.3, -0.25) is 14.9 Å². The summed E-state index contributed by atoms with van der Waals surface area (Å²) in [5, 5.41) is 18.8. The van der Waals surface area contributed by atoms with Gasteiger partial charge in [0, 0.05) is 30.6 Å². The number of nitro benzene ring substituents is 1. The lowest BCUT2D eigenvalue weighted by atomic mass is 9.90. The second-order valence-electron chi connectivity index (χ2n) is 8.11. The number of hydrogen-bond donors (Lipinski definition) is 0. The van der Waals surface area contributed by atoms with Crippen LogP contribution in [0.1, 0.15) is 32.6 Å². The van der Waals surface area contributed by atoms with Crippen LogP contribution in [0.15, 0.2) is 58.8 Å². The third-order valence-electron chi connectivity index (χ3n) is 4.93. The van der Waals surface area contributed by atoms with Crippen LogP contribution in [0.3, 0.4) is 0 Å². The smallest absolute Gasteiger partial charge is 0.311 e. The van der Waals surface area contributed by atoms with Gasteiger partial charge in [-0.1, -0.05) is 13.3 Å². The molecule has 9 heteroatoms. The maximum Gasteiger partial charge on any atom is 0.311 e. The lowest BCUT2D eigenvalue weighted by Crippen LogP contribution is -2.43.